The molecule has 1 aromatic rings. The second kappa shape index (κ2) is 6.10. The molecule has 2 bridgehead atoms. The highest BCUT2D eigenvalue weighted by Crippen LogP contribution is 2.52. The molecule has 6 heteroatoms. The van der Waals surface area contributed by atoms with Crippen molar-refractivity contribution in [1.29, 1.82) is 0 Å². The fourth-order valence-corrected chi connectivity index (χ4v) is 4.15. The molecule has 2 aliphatic rings. The zero-order valence-electron chi connectivity index (χ0n) is 13.2. The topological polar surface area (TPSA) is 84.9 Å². The number of hydrogen-bond donors (Lipinski definition) is 2. The SMILES string of the molecule is COc1ccc(OC)c(NC(=O)[C@@H]2[C@H]3CC[C@@H](C3)[C@@H]2C(=O)O)c1. The molecule has 0 spiro atoms. The van der Waals surface area contributed by atoms with Gasteiger partial charge in [0.1, 0.15) is 11.5 Å². The molecule has 0 heterocycles. The predicted molar refractivity (Wildman–Crippen MR) is 83.6 cm³/mol. The molecule has 0 aliphatic heterocycles. The second-order valence-corrected chi connectivity index (χ2v) is 6.28. The number of anilines is 1. The first-order valence-corrected chi connectivity index (χ1v) is 7.80. The number of carbonyl (C=O) groups is 2. The van der Waals surface area contributed by atoms with E-state index in [1.54, 1.807) is 25.3 Å². The van der Waals surface area contributed by atoms with Crippen LogP contribution < -0.4 is 14.8 Å². The van der Waals surface area contributed by atoms with Crippen LogP contribution >= 0.6 is 0 Å². The van der Waals surface area contributed by atoms with Gasteiger partial charge >= 0.3 is 5.97 Å². The Balaban J connectivity index is 1.83. The van der Waals surface area contributed by atoms with Gasteiger partial charge < -0.3 is 19.9 Å². The third-order valence-electron chi connectivity index (χ3n) is 5.17. The summed E-state index contributed by atoms with van der Waals surface area (Å²) < 4.78 is 10.4. The maximum atomic E-state index is 12.7. The molecule has 0 unspecified atom stereocenters. The van der Waals surface area contributed by atoms with Crippen LogP contribution in [0.5, 0.6) is 11.5 Å². The van der Waals surface area contributed by atoms with Crippen molar-refractivity contribution in [1.82, 2.24) is 0 Å². The number of ether oxygens (including phenoxy) is 2. The highest BCUT2D eigenvalue weighted by Gasteiger charge is 2.54. The van der Waals surface area contributed by atoms with E-state index < -0.39 is 17.8 Å². The van der Waals surface area contributed by atoms with Crippen molar-refractivity contribution < 1.29 is 24.2 Å². The van der Waals surface area contributed by atoms with Gasteiger partial charge in [-0.3, -0.25) is 9.59 Å². The lowest BCUT2D eigenvalue weighted by Gasteiger charge is -2.27. The molecule has 1 aromatic carbocycles. The van der Waals surface area contributed by atoms with E-state index in [-0.39, 0.29) is 17.7 Å². The normalized spacial score (nSPS) is 28.4. The molecular weight excluding hydrogens is 298 g/mol. The fourth-order valence-electron chi connectivity index (χ4n) is 4.15. The number of fused-ring (bicyclic) bond motifs is 2. The molecule has 2 fully saturated rings. The van der Waals surface area contributed by atoms with Crippen LogP contribution in [0.3, 0.4) is 0 Å². The van der Waals surface area contributed by atoms with Crippen LogP contribution in [-0.2, 0) is 9.59 Å². The van der Waals surface area contributed by atoms with Crippen molar-refractivity contribution in [3.63, 3.8) is 0 Å². The number of methoxy groups -OCH3 is 2. The predicted octanol–water partition coefficient (Wildman–Crippen LogP) is 2.39. The Kier molecular flexibility index (Phi) is 4.15. The Morgan fingerprint density at radius 2 is 1.83 bits per heavy atom. The Morgan fingerprint density at radius 3 is 2.43 bits per heavy atom. The van der Waals surface area contributed by atoms with Gasteiger partial charge in [-0.15, -0.1) is 0 Å². The van der Waals surface area contributed by atoms with Gasteiger partial charge in [-0.05, 0) is 43.2 Å². The van der Waals surface area contributed by atoms with Gasteiger partial charge in [-0.2, -0.15) is 0 Å². The average molecular weight is 319 g/mol. The molecule has 0 saturated heterocycles. The zero-order chi connectivity index (χ0) is 16.6. The Morgan fingerprint density at radius 1 is 1.13 bits per heavy atom. The maximum Gasteiger partial charge on any atom is 0.307 e. The van der Waals surface area contributed by atoms with E-state index >= 15 is 0 Å². The highest BCUT2D eigenvalue weighted by molar-refractivity contribution is 5.97. The first-order valence-electron chi connectivity index (χ1n) is 7.80. The molecule has 4 atom stereocenters. The molecular formula is C17H21NO5. The van der Waals surface area contributed by atoms with Gasteiger partial charge in [0.15, 0.2) is 0 Å². The summed E-state index contributed by atoms with van der Waals surface area (Å²) in [5.41, 5.74) is 0.503. The summed E-state index contributed by atoms with van der Waals surface area (Å²) in [4.78, 5) is 24.3. The van der Waals surface area contributed by atoms with E-state index in [4.69, 9.17) is 9.47 Å². The third-order valence-corrected chi connectivity index (χ3v) is 5.17. The minimum atomic E-state index is -0.866. The van der Waals surface area contributed by atoms with Crippen LogP contribution in [-0.4, -0.2) is 31.2 Å². The Labute approximate surface area is 134 Å². The Bertz CT molecular complexity index is 629. The van der Waals surface area contributed by atoms with Crippen LogP contribution in [0.4, 0.5) is 5.69 Å². The maximum absolute atomic E-state index is 12.7. The van der Waals surface area contributed by atoms with Crippen molar-refractivity contribution >= 4 is 17.6 Å². The average Bonchev–Trinajstić information content (AvgIpc) is 3.15. The summed E-state index contributed by atoms with van der Waals surface area (Å²) in [6.07, 6.45) is 2.68. The number of amides is 1. The zero-order valence-corrected chi connectivity index (χ0v) is 13.2. The van der Waals surface area contributed by atoms with Gasteiger partial charge in [0.05, 0.1) is 31.7 Å². The van der Waals surface area contributed by atoms with E-state index in [0.29, 0.717) is 17.2 Å². The fraction of sp³-hybridized carbons (Fsp3) is 0.529. The molecule has 2 saturated carbocycles. The van der Waals surface area contributed by atoms with Gasteiger partial charge in [-0.25, -0.2) is 0 Å². The molecule has 124 valence electrons. The summed E-state index contributed by atoms with van der Waals surface area (Å²) in [6, 6.07) is 5.13. The molecule has 0 aromatic heterocycles. The lowest BCUT2D eigenvalue weighted by Crippen LogP contribution is -2.37. The summed E-state index contributed by atoms with van der Waals surface area (Å²) in [5, 5.41) is 12.3. The van der Waals surface area contributed by atoms with E-state index in [1.165, 1.54) is 7.11 Å². The minimum absolute atomic E-state index is 0.125. The number of nitrogens with one attached hydrogen (secondary N) is 1. The van der Waals surface area contributed by atoms with Crippen LogP contribution in [0.2, 0.25) is 0 Å². The summed E-state index contributed by atoms with van der Waals surface area (Å²) in [7, 11) is 3.07. The van der Waals surface area contributed by atoms with Crippen LogP contribution in [0, 0.1) is 23.7 Å². The molecule has 6 nitrogen and oxygen atoms in total. The summed E-state index contributed by atoms with van der Waals surface area (Å²) in [6.45, 7) is 0. The van der Waals surface area contributed by atoms with Crippen LogP contribution in [0.1, 0.15) is 19.3 Å². The lowest BCUT2D eigenvalue weighted by atomic mass is 9.78. The summed E-state index contributed by atoms with van der Waals surface area (Å²) >= 11 is 0. The van der Waals surface area contributed by atoms with Gasteiger partial charge in [0, 0.05) is 6.07 Å². The number of carbonyl (C=O) groups excluding carboxylic acids is 1. The lowest BCUT2D eigenvalue weighted by molar-refractivity contribution is -0.148. The van der Waals surface area contributed by atoms with E-state index in [0.717, 1.165) is 19.3 Å². The molecule has 1 amide bonds. The number of carboxylic acids is 1. The van der Waals surface area contributed by atoms with Crippen LogP contribution in [0.25, 0.3) is 0 Å². The molecule has 2 aliphatic carbocycles. The monoisotopic (exact) mass is 319 g/mol. The van der Waals surface area contributed by atoms with E-state index in [1.807, 2.05) is 0 Å². The molecule has 23 heavy (non-hydrogen) atoms. The third kappa shape index (κ3) is 2.73. The standard InChI is InChI=1S/C17H21NO5/c1-22-11-5-6-13(23-2)12(8-11)18-16(19)14-9-3-4-10(7-9)15(14)17(20)21/h5-6,8-10,14-15H,3-4,7H2,1-2H3,(H,18,19)(H,20,21)/t9-,10-,14+,15-/m0/s1. The van der Waals surface area contributed by atoms with Crippen molar-refractivity contribution in [2.24, 2.45) is 23.7 Å². The second-order valence-electron chi connectivity index (χ2n) is 6.28. The van der Waals surface area contributed by atoms with Gasteiger partial charge in [0.25, 0.3) is 0 Å². The number of carboxylic acid groups (broad SMARTS) is 1. The molecule has 3 rings (SSSR count). The number of benzene rings is 1. The van der Waals surface area contributed by atoms with Gasteiger partial charge in [-0.1, -0.05) is 0 Å². The van der Waals surface area contributed by atoms with Crippen LogP contribution in [0.15, 0.2) is 18.2 Å². The number of hydrogen-bond acceptors (Lipinski definition) is 4. The number of rotatable bonds is 5. The van der Waals surface area contributed by atoms with Crippen molar-refractivity contribution in [2.45, 2.75) is 19.3 Å². The molecule has 0 radical (unpaired) electrons. The largest absolute Gasteiger partial charge is 0.497 e. The smallest absolute Gasteiger partial charge is 0.307 e. The highest BCUT2D eigenvalue weighted by atomic mass is 16.5. The Hall–Kier alpha value is -2.24. The quantitative estimate of drug-likeness (QED) is 0.870. The first kappa shape index (κ1) is 15.6. The van der Waals surface area contributed by atoms with Gasteiger partial charge in [0.2, 0.25) is 5.91 Å². The minimum Gasteiger partial charge on any atom is -0.497 e. The van der Waals surface area contributed by atoms with Crippen molar-refractivity contribution in [2.75, 3.05) is 19.5 Å². The van der Waals surface area contributed by atoms with E-state index in [2.05, 4.69) is 5.32 Å². The van der Waals surface area contributed by atoms with Crippen molar-refractivity contribution in [3.05, 3.63) is 18.2 Å². The molecule has 2 N–H and O–H groups in total. The van der Waals surface area contributed by atoms with Crippen molar-refractivity contribution in [3.8, 4) is 11.5 Å². The first-order chi connectivity index (χ1) is 11.0. The van der Waals surface area contributed by atoms with E-state index in [9.17, 15) is 14.7 Å². The summed E-state index contributed by atoms with van der Waals surface area (Å²) in [5.74, 6) is -0.741. The number of aliphatic carboxylic acids is 1.